The van der Waals surface area contributed by atoms with E-state index in [0.717, 1.165) is 51.4 Å². The predicted molar refractivity (Wildman–Crippen MR) is 116 cm³/mol. The maximum absolute atomic E-state index is 9.90. The molecule has 0 amide bonds. The molecule has 4 atom stereocenters. The van der Waals surface area contributed by atoms with Crippen molar-refractivity contribution >= 4 is 0 Å². The molecular formula is C24H52O4Ti. The van der Waals surface area contributed by atoms with Crippen LogP contribution in [0.2, 0.25) is 0 Å². The molecule has 0 aromatic rings. The maximum atomic E-state index is 9.90. The molecule has 0 rings (SSSR count). The zero-order valence-corrected chi connectivity index (χ0v) is 22.5. The van der Waals surface area contributed by atoms with Gasteiger partial charge in [-0.1, -0.05) is 107 Å². The minimum absolute atomic E-state index is 0. The summed E-state index contributed by atoms with van der Waals surface area (Å²) in [5.74, 6) is 2.55. The molecule has 29 heavy (non-hydrogen) atoms. The summed E-state index contributed by atoms with van der Waals surface area (Å²) in [7, 11) is 0. The Kier molecular flexibility index (Phi) is 49.6. The molecule has 0 aromatic carbocycles. The van der Waals surface area contributed by atoms with Crippen LogP contribution in [0.5, 0.6) is 0 Å². The van der Waals surface area contributed by atoms with Crippen molar-refractivity contribution in [3.63, 3.8) is 0 Å². The van der Waals surface area contributed by atoms with E-state index in [4.69, 9.17) is 0 Å². The van der Waals surface area contributed by atoms with E-state index < -0.39 is 0 Å². The van der Waals surface area contributed by atoms with E-state index in [1.165, 1.54) is 0 Å². The molecule has 4 nitrogen and oxygen atoms in total. The molecule has 0 aromatic heterocycles. The molecule has 0 aliphatic rings. The third-order valence-electron chi connectivity index (χ3n) is 5.23. The fourth-order valence-electron chi connectivity index (χ4n) is 1.62. The van der Waals surface area contributed by atoms with Crippen LogP contribution in [0.1, 0.15) is 107 Å². The summed E-state index contributed by atoms with van der Waals surface area (Å²) >= 11 is 0. The fraction of sp³-hybridized carbons (Fsp3) is 1.00. The molecule has 0 fully saturated rings. The standard InChI is InChI=1S/4C6H13O.Ti/c4*1-3-6(2)4-5-7;/h4*6H,3-5H2,1-2H3;/q4*-1;+4. The van der Waals surface area contributed by atoms with E-state index in [9.17, 15) is 20.4 Å². The van der Waals surface area contributed by atoms with Crippen LogP contribution in [0.15, 0.2) is 0 Å². The van der Waals surface area contributed by atoms with Crippen LogP contribution < -0.4 is 20.4 Å². The first-order valence-electron chi connectivity index (χ1n) is 11.6. The van der Waals surface area contributed by atoms with Crippen LogP contribution in [-0.2, 0) is 21.7 Å². The monoisotopic (exact) mass is 452 g/mol. The van der Waals surface area contributed by atoms with Crippen LogP contribution in [-0.4, -0.2) is 26.4 Å². The second-order valence-corrected chi connectivity index (χ2v) is 8.02. The Balaban J connectivity index is -0.0000000873. The molecular weight excluding hydrogens is 400 g/mol. The van der Waals surface area contributed by atoms with Gasteiger partial charge in [-0.2, -0.15) is 0 Å². The van der Waals surface area contributed by atoms with Crippen molar-refractivity contribution in [3.05, 3.63) is 0 Å². The fourth-order valence-corrected chi connectivity index (χ4v) is 1.62. The summed E-state index contributed by atoms with van der Waals surface area (Å²) in [5, 5.41) is 39.6. The molecule has 0 saturated heterocycles. The minimum Gasteiger partial charge on any atom is -0.854 e. The summed E-state index contributed by atoms with van der Waals surface area (Å²) in [4.78, 5) is 0. The normalized spacial score (nSPS) is 13.7. The Morgan fingerprint density at radius 3 is 0.586 bits per heavy atom. The first-order valence-corrected chi connectivity index (χ1v) is 11.6. The van der Waals surface area contributed by atoms with Crippen LogP contribution in [0.25, 0.3) is 0 Å². The van der Waals surface area contributed by atoms with E-state index in [1.807, 2.05) is 0 Å². The molecule has 0 spiro atoms. The first-order chi connectivity index (χ1) is 13.2. The zero-order chi connectivity index (χ0) is 22.8. The SMILES string of the molecule is CCC(C)CC[O-].CCC(C)CC[O-].CCC(C)CC[O-].CCC(C)CC[O-].[Ti+4]. The van der Waals surface area contributed by atoms with Gasteiger partial charge in [-0.05, 0) is 23.7 Å². The maximum Gasteiger partial charge on any atom is 4.00 e. The van der Waals surface area contributed by atoms with Gasteiger partial charge in [0.2, 0.25) is 0 Å². The van der Waals surface area contributed by atoms with Gasteiger partial charge >= 0.3 is 21.7 Å². The third-order valence-corrected chi connectivity index (χ3v) is 5.23. The van der Waals surface area contributed by atoms with Crippen molar-refractivity contribution in [2.24, 2.45) is 23.7 Å². The van der Waals surface area contributed by atoms with Gasteiger partial charge in [-0.3, -0.25) is 0 Å². The van der Waals surface area contributed by atoms with Gasteiger partial charge in [0.1, 0.15) is 0 Å². The molecule has 0 radical (unpaired) electrons. The average Bonchev–Trinajstić information content (AvgIpc) is 2.70. The Morgan fingerprint density at radius 2 is 0.552 bits per heavy atom. The topological polar surface area (TPSA) is 92.2 Å². The molecule has 0 bridgehead atoms. The number of hydrogen-bond donors (Lipinski definition) is 0. The van der Waals surface area contributed by atoms with Crippen molar-refractivity contribution in [2.45, 2.75) is 107 Å². The van der Waals surface area contributed by atoms with Crippen molar-refractivity contribution in [1.29, 1.82) is 0 Å². The number of hydrogen-bond acceptors (Lipinski definition) is 4. The zero-order valence-electron chi connectivity index (χ0n) is 20.9. The summed E-state index contributed by atoms with van der Waals surface area (Å²) < 4.78 is 0. The third kappa shape index (κ3) is 47.7. The summed E-state index contributed by atoms with van der Waals surface area (Å²) in [5.41, 5.74) is 0. The molecule has 4 unspecified atom stereocenters. The van der Waals surface area contributed by atoms with Gasteiger partial charge in [-0.15, -0.1) is 26.4 Å². The van der Waals surface area contributed by atoms with Gasteiger partial charge in [-0.25, -0.2) is 0 Å². The van der Waals surface area contributed by atoms with Gasteiger partial charge in [0.25, 0.3) is 0 Å². The van der Waals surface area contributed by atoms with Gasteiger partial charge in [0.15, 0.2) is 0 Å². The second kappa shape index (κ2) is 36.0. The molecule has 0 aliphatic carbocycles. The van der Waals surface area contributed by atoms with Crippen molar-refractivity contribution in [2.75, 3.05) is 26.4 Å². The van der Waals surface area contributed by atoms with Crippen LogP contribution in [0, 0.1) is 23.7 Å². The Morgan fingerprint density at radius 1 is 0.414 bits per heavy atom. The Labute approximate surface area is 198 Å². The largest absolute Gasteiger partial charge is 4.00 e. The Bertz CT molecular complexity index is 195. The first kappa shape index (κ1) is 40.0. The number of rotatable bonds is 12. The van der Waals surface area contributed by atoms with E-state index >= 15 is 0 Å². The summed E-state index contributed by atoms with van der Waals surface area (Å²) in [6, 6.07) is 0. The summed E-state index contributed by atoms with van der Waals surface area (Å²) in [6.45, 7) is 17.3. The molecule has 0 aliphatic heterocycles. The van der Waals surface area contributed by atoms with E-state index in [2.05, 4.69) is 55.4 Å². The van der Waals surface area contributed by atoms with Gasteiger partial charge in [0, 0.05) is 0 Å². The average molecular weight is 453 g/mol. The van der Waals surface area contributed by atoms with Crippen molar-refractivity contribution in [3.8, 4) is 0 Å². The van der Waals surface area contributed by atoms with Gasteiger partial charge in [0.05, 0.1) is 0 Å². The predicted octanol–water partition coefficient (Wildman–Crippen LogP) is 3.13. The van der Waals surface area contributed by atoms with E-state index in [-0.39, 0.29) is 48.1 Å². The smallest absolute Gasteiger partial charge is 0.854 e. The van der Waals surface area contributed by atoms with E-state index in [1.54, 1.807) is 0 Å². The van der Waals surface area contributed by atoms with Crippen LogP contribution in [0.4, 0.5) is 0 Å². The van der Waals surface area contributed by atoms with Crippen molar-refractivity contribution in [1.82, 2.24) is 0 Å². The molecule has 0 saturated carbocycles. The minimum atomic E-state index is 0. The van der Waals surface area contributed by atoms with Gasteiger partial charge < -0.3 is 20.4 Å². The second-order valence-electron chi connectivity index (χ2n) is 8.02. The molecule has 0 heterocycles. The van der Waals surface area contributed by atoms with Crippen LogP contribution >= 0.6 is 0 Å². The van der Waals surface area contributed by atoms with Crippen molar-refractivity contribution < 1.29 is 42.1 Å². The quantitative estimate of drug-likeness (QED) is 0.425. The molecule has 0 N–H and O–H groups in total. The van der Waals surface area contributed by atoms with E-state index in [0.29, 0.717) is 23.7 Å². The molecule has 5 heteroatoms. The Hall–Kier alpha value is 0.554. The molecule has 176 valence electrons. The summed E-state index contributed by atoms with van der Waals surface area (Å²) in [6.07, 6.45) is 7.94. The van der Waals surface area contributed by atoms with Crippen LogP contribution in [0.3, 0.4) is 0 Å².